The lowest BCUT2D eigenvalue weighted by atomic mass is 10.2. The van der Waals surface area contributed by atoms with E-state index >= 15 is 0 Å². The topological polar surface area (TPSA) is 34.2 Å². The summed E-state index contributed by atoms with van der Waals surface area (Å²) >= 11 is 5.74. The van der Waals surface area contributed by atoms with Crippen molar-refractivity contribution in [3.63, 3.8) is 0 Å². The van der Waals surface area contributed by atoms with Gasteiger partial charge in [0.25, 0.3) is 0 Å². The van der Waals surface area contributed by atoms with E-state index in [1.165, 1.54) is 12.1 Å². The highest BCUT2D eigenvalue weighted by atomic mass is 35.5. The molecule has 0 amide bonds. The van der Waals surface area contributed by atoms with Crippen LogP contribution in [-0.2, 0) is 6.54 Å². The molecule has 0 radical (unpaired) electrons. The third kappa shape index (κ3) is 3.92. The van der Waals surface area contributed by atoms with E-state index in [0.29, 0.717) is 18.0 Å². The molecular formula is C15H16ClFN2O. The molecular weight excluding hydrogens is 279 g/mol. The molecule has 0 aliphatic rings. The van der Waals surface area contributed by atoms with Gasteiger partial charge in [0.2, 0.25) is 0 Å². The quantitative estimate of drug-likeness (QED) is 0.812. The summed E-state index contributed by atoms with van der Waals surface area (Å²) in [4.78, 5) is 4.09. The van der Waals surface area contributed by atoms with E-state index in [0.717, 1.165) is 18.5 Å². The van der Waals surface area contributed by atoms with Crippen LogP contribution < -0.4 is 10.1 Å². The van der Waals surface area contributed by atoms with Crippen LogP contribution >= 0.6 is 11.6 Å². The average molecular weight is 295 g/mol. The fourth-order valence-corrected chi connectivity index (χ4v) is 1.88. The molecule has 0 aliphatic heterocycles. The van der Waals surface area contributed by atoms with Crippen LogP contribution in [0.25, 0.3) is 0 Å². The van der Waals surface area contributed by atoms with Gasteiger partial charge >= 0.3 is 0 Å². The maximum atomic E-state index is 13.1. The number of halogens is 2. The summed E-state index contributed by atoms with van der Waals surface area (Å²) in [6, 6.07) is 6.07. The van der Waals surface area contributed by atoms with Gasteiger partial charge in [0.05, 0.1) is 5.02 Å². The Morgan fingerprint density at radius 3 is 2.95 bits per heavy atom. The minimum atomic E-state index is -0.460. The lowest BCUT2D eigenvalue weighted by Gasteiger charge is -2.11. The number of nitrogens with one attached hydrogen (secondary N) is 1. The standard InChI is InChI=1S/C15H16ClFN2O/c1-2-6-18-9-11-10-19-7-5-15(11)20-12-3-4-14(17)13(16)8-12/h3-5,7-8,10,18H,2,6,9H2,1H3. The molecule has 0 saturated carbocycles. The zero-order chi connectivity index (χ0) is 14.4. The molecule has 0 fully saturated rings. The maximum Gasteiger partial charge on any atom is 0.142 e. The third-order valence-corrected chi connectivity index (χ3v) is 3.01. The third-order valence-electron chi connectivity index (χ3n) is 2.72. The van der Waals surface area contributed by atoms with E-state index < -0.39 is 5.82 Å². The van der Waals surface area contributed by atoms with Crippen LogP contribution in [0.1, 0.15) is 18.9 Å². The monoisotopic (exact) mass is 294 g/mol. The predicted molar refractivity (Wildman–Crippen MR) is 77.7 cm³/mol. The molecule has 1 aromatic heterocycles. The van der Waals surface area contributed by atoms with Crippen LogP contribution in [-0.4, -0.2) is 11.5 Å². The molecule has 2 aromatic rings. The molecule has 20 heavy (non-hydrogen) atoms. The van der Waals surface area contributed by atoms with Gasteiger partial charge in [-0.3, -0.25) is 4.98 Å². The van der Waals surface area contributed by atoms with Crippen molar-refractivity contribution in [2.24, 2.45) is 0 Å². The van der Waals surface area contributed by atoms with Crippen molar-refractivity contribution >= 4 is 11.6 Å². The molecule has 0 saturated heterocycles. The average Bonchev–Trinajstić information content (AvgIpc) is 2.45. The first-order chi connectivity index (χ1) is 9.70. The van der Waals surface area contributed by atoms with Crippen molar-refractivity contribution in [3.05, 3.63) is 53.1 Å². The van der Waals surface area contributed by atoms with Gasteiger partial charge in [-0.25, -0.2) is 4.39 Å². The molecule has 0 spiro atoms. The number of hydrogen-bond acceptors (Lipinski definition) is 3. The first kappa shape index (κ1) is 14.8. The van der Waals surface area contributed by atoms with Gasteiger partial charge in [0, 0.05) is 30.6 Å². The van der Waals surface area contributed by atoms with E-state index in [9.17, 15) is 4.39 Å². The molecule has 5 heteroatoms. The molecule has 3 nitrogen and oxygen atoms in total. The molecule has 0 aliphatic carbocycles. The van der Waals surface area contributed by atoms with Crippen LogP contribution in [0.15, 0.2) is 36.7 Å². The second kappa shape index (κ2) is 7.22. The highest BCUT2D eigenvalue weighted by molar-refractivity contribution is 6.30. The Bertz CT molecular complexity index is 578. The van der Waals surface area contributed by atoms with Crippen molar-refractivity contribution in [2.45, 2.75) is 19.9 Å². The van der Waals surface area contributed by atoms with Gasteiger partial charge in [0.15, 0.2) is 0 Å². The summed E-state index contributed by atoms with van der Waals surface area (Å²) in [7, 11) is 0. The van der Waals surface area contributed by atoms with Gasteiger partial charge in [-0.2, -0.15) is 0 Å². The summed E-state index contributed by atoms with van der Waals surface area (Å²) in [6.45, 7) is 3.71. The number of pyridine rings is 1. The molecule has 0 bridgehead atoms. The lowest BCUT2D eigenvalue weighted by molar-refractivity contribution is 0.470. The Kier molecular flexibility index (Phi) is 5.32. The van der Waals surface area contributed by atoms with Crippen LogP contribution in [0.4, 0.5) is 4.39 Å². The summed E-state index contributed by atoms with van der Waals surface area (Å²) in [5.41, 5.74) is 0.946. The van der Waals surface area contributed by atoms with E-state index in [4.69, 9.17) is 16.3 Å². The summed E-state index contributed by atoms with van der Waals surface area (Å²) < 4.78 is 18.9. The van der Waals surface area contributed by atoms with Crippen molar-refractivity contribution in [1.82, 2.24) is 10.3 Å². The molecule has 0 atom stereocenters. The molecule has 1 heterocycles. The van der Waals surface area contributed by atoms with Gasteiger partial charge in [-0.1, -0.05) is 18.5 Å². The largest absolute Gasteiger partial charge is 0.457 e. The summed E-state index contributed by atoms with van der Waals surface area (Å²) in [5, 5.41) is 3.34. The zero-order valence-corrected chi connectivity index (χ0v) is 12.0. The minimum absolute atomic E-state index is 0.0437. The van der Waals surface area contributed by atoms with Crippen LogP contribution in [0, 0.1) is 5.82 Å². The Morgan fingerprint density at radius 2 is 2.20 bits per heavy atom. The number of benzene rings is 1. The number of ether oxygens (including phenoxy) is 1. The van der Waals surface area contributed by atoms with E-state index in [-0.39, 0.29) is 5.02 Å². The minimum Gasteiger partial charge on any atom is -0.457 e. The SMILES string of the molecule is CCCNCc1cnccc1Oc1ccc(F)c(Cl)c1. The Labute approximate surface area is 122 Å². The molecule has 0 unspecified atom stereocenters. The van der Waals surface area contributed by atoms with Gasteiger partial charge in [-0.15, -0.1) is 0 Å². The Morgan fingerprint density at radius 1 is 1.35 bits per heavy atom. The van der Waals surface area contributed by atoms with Crippen LogP contribution in [0.5, 0.6) is 11.5 Å². The van der Waals surface area contributed by atoms with Crippen LogP contribution in [0.2, 0.25) is 5.02 Å². The lowest BCUT2D eigenvalue weighted by Crippen LogP contribution is -2.14. The van der Waals surface area contributed by atoms with Crippen molar-refractivity contribution < 1.29 is 9.13 Å². The molecule has 1 N–H and O–H groups in total. The number of hydrogen-bond donors (Lipinski definition) is 1. The van der Waals surface area contributed by atoms with Crippen LogP contribution in [0.3, 0.4) is 0 Å². The van der Waals surface area contributed by atoms with Crippen molar-refractivity contribution in [3.8, 4) is 11.5 Å². The number of rotatable bonds is 6. The fraction of sp³-hybridized carbons (Fsp3) is 0.267. The Hall–Kier alpha value is -1.65. The van der Waals surface area contributed by atoms with E-state index in [2.05, 4.69) is 17.2 Å². The Balaban J connectivity index is 2.13. The molecule has 1 aromatic carbocycles. The normalized spacial score (nSPS) is 10.6. The number of aromatic nitrogens is 1. The maximum absolute atomic E-state index is 13.1. The first-order valence-corrected chi connectivity index (χ1v) is 6.85. The highest BCUT2D eigenvalue weighted by Gasteiger charge is 2.07. The number of nitrogens with zero attached hydrogens (tertiary/aromatic N) is 1. The second-order valence-corrected chi connectivity index (χ2v) is 4.75. The fourth-order valence-electron chi connectivity index (χ4n) is 1.71. The first-order valence-electron chi connectivity index (χ1n) is 6.47. The van der Waals surface area contributed by atoms with Gasteiger partial charge < -0.3 is 10.1 Å². The smallest absolute Gasteiger partial charge is 0.142 e. The second-order valence-electron chi connectivity index (χ2n) is 4.34. The predicted octanol–water partition coefficient (Wildman–Crippen LogP) is 4.17. The van der Waals surface area contributed by atoms with Gasteiger partial charge in [-0.05, 0) is 31.2 Å². The van der Waals surface area contributed by atoms with E-state index in [1.54, 1.807) is 24.5 Å². The van der Waals surface area contributed by atoms with Crippen molar-refractivity contribution in [2.75, 3.05) is 6.54 Å². The van der Waals surface area contributed by atoms with Crippen molar-refractivity contribution in [1.29, 1.82) is 0 Å². The van der Waals surface area contributed by atoms with Gasteiger partial charge in [0.1, 0.15) is 17.3 Å². The summed E-state index contributed by atoms with van der Waals surface area (Å²) in [5.74, 6) is 0.726. The molecule has 106 valence electrons. The summed E-state index contributed by atoms with van der Waals surface area (Å²) in [6.07, 6.45) is 4.47. The van der Waals surface area contributed by atoms with E-state index in [1.807, 2.05) is 0 Å². The molecule has 2 rings (SSSR count). The zero-order valence-electron chi connectivity index (χ0n) is 11.2. The highest BCUT2D eigenvalue weighted by Crippen LogP contribution is 2.27.